The minimum absolute atomic E-state index is 0.0619. The zero-order chi connectivity index (χ0) is 14.5. The van der Waals surface area contributed by atoms with Gasteiger partial charge in [0.25, 0.3) is 0 Å². The first-order valence-corrected chi connectivity index (χ1v) is 7.45. The Morgan fingerprint density at radius 3 is 1.86 bits per heavy atom. The Morgan fingerprint density at radius 2 is 1.43 bits per heavy atom. The van der Waals surface area contributed by atoms with Gasteiger partial charge in [-0.05, 0) is 24.0 Å². The molecule has 1 heterocycles. The quantitative estimate of drug-likeness (QED) is 0.897. The van der Waals surface area contributed by atoms with Crippen molar-refractivity contribution in [3.63, 3.8) is 0 Å². The van der Waals surface area contributed by atoms with Crippen molar-refractivity contribution in [2.24, 2.45) is 0 Å². The van der Waals surface area contributed by atoms with Gasteiger partial charge in [-0.2, -0.15) is 0 Å². The molecule has 2 aromatic rings. The van der Waals surface area contributed by atoms with Gasteiger partial charge in [-0.1, -0.05) is 60.7 Å². The fourth-order valence-corrected chi connectivity index (χ4v) is 2.90. The van der Waals surface area contributed by atoms with E-state index in [4.69, 9.17) is 0 Å². The molecular formula is C18H20N2O. The Bertz CT molecular complexity index is 541. The molecule has 2 aromatic carbocycles. The average molecular weight is 280 g/mol. The SMILES string of the molecule is O=C1NCCN1C(Cc1ccccc1)Cc1ccccc1. The van der Waals surface area contributed by atoms with Crippen molar-refractivity contribution in [1.82, 2.24) is 10.2 Å². The third-order valence-corrected chi connectivity index (χ3v) is 3.96. The van der Waals surface area contributed by atoms with Gasteiger partial charge in [0.1, 0.15) is 0 Å². The van der Waals surface area contributed by atoms with Gasteiger partial charge in [0.15, 0.2) is 0 Å². The molecule has 1 saturated heterocycles. The number of carbonyl (C=O) groups is 1. The van der Waals surface area contributed by atoms with Crippen LogP contribution in [0.25, 0.3) is 0 Å². The summed E-state index contributed by atoms with van der Waals surface area (Å²) < 4.78 is 0. The Hall–Kier alpha value is -2.29. The van der Waals surface area contributed by atoms with Crippen molar-refractivity contribution in [2.45, 2.75) is 18.9 Å². The number of urea groups is 1. The molecule has 108 valence electrons. The van der Waals surface area contributed by atoms with Crippen molar-refractivity contribution in [1.29, 1.82) is 0 Å². The smallest absolute Gasteiger partial charge is 0.317 e. The first kappa shape index (κ1) is 13.7. The van der Waals surface area contributed by atoms with Gasteiger partial charge in [0.05, 0.1) is 0 Å². The molecule has 0 atom stereocenters. The molecule has 3 heteroatoms. The van der Waals surface area contributed by atoms with Gasteiger partial charge in [0.2, 0.25) is 0 Å². The molecular weight excluding hydrogens is 260 g/mol. The second-order valence-electron chi connectivity index (χ2n) is 5.46. The summed E-state index contributed by atoms with van der Waals surface area (Å²) in [4.78, 5) is 14.0. The Morgan fingerprint density at radius 1 is 0.905 bits per heavy atom. The molecule has 2 amide bonds. The highest BCUT2D eigenvalue weighted by molar-refractivity contribution is 5.76. The standard InChI is InChI=1S/C18H20N2O/c21-18-19-11-12-20(18)17(13-15-7-3-1-4-8-15)14-16-9-5-2-6-10-16/h1-10,17H,11-14H2,(H,19,21). The maximum absolute atomic E-state index is 12.0. The first-order valence-electron chi connectivity index (χ1n) is 7.45. The van der Waals surface area contributed by atoms with Crippen molar-refractivity contribution in [2.75, 3.05) is 13.1 Å². The topological polar surface area (TPSA) is 32.3 Å². The number of hydrogen-bond acceptors (Lipinski definition) is 1. The number of hydrogen-bond donors (Lipinski definition) is 1. The summed E-state index contributed by atoms with van der Waals surface area (Å²) >= 11 is 0. The van der Waals surface area contributed by atoms with Crippen LogP contribution in [-0.2, 0) is 12.8 Å². The molecule has 0 spiro atoms. The summed E-state index contributed by atoms with van der Waals surface area (Å²) in [7, 11) is 0. The Kier molecular flexibility index (Phi) is 4.20. The van der Waals surface area contributed by atoms with Crippen LogP contribution in [0.4, 0.5) is 4.79 Å². The molecule has 0 aromatic heterocycles. The second kappa shape index (κ2) is 6.44. The molecule has 0 aliphatic carbocycles. The molecule has 21 heavy (non-hydrogen) atoms. The van der Waals surface area contributed by atoms with Crippen LogP contribution in [0, 0.1) is 0 Å². The van der Waals surface area contributed by atoms with Crippen LogP contribution in [0.5, 0.6) is 0 Å². The Balaban J connectivity index is 1.79. The van der Waals surface area contributed by atoms with Crippen LogP contribution in [0.3, 0.4) is 0 Å². The maximum atomic E-state index is 12.0. The normalized spacial score (nSPS) is 14.5. The lowest BCUT2D eigenvalue weighted by Gasteiger charge is -2.27. The lowest BCUT2D eigenvalue weighted by atomic mass is 9.98. The van der Waals surface area contributed by atoms with Gasteiger partial charge < -0.3 is 10.2 Å². The van der Waals surface area contributed by atoms with Gasteiger partial charge in [0, 0.05) is 19.1 Å². The highest BCUT2D eigenvalue weighted by Gasteiger charge is 2.27. The van der Waals surface area contributed by atoms with E-state index in [0.29, 0.717) is 0 Å². The van der Waals surface area contributed by atoms with Crippen LogP contribution < -0.4 is 5.32 Å². The largest absolute Gasteiger partial charge is 0.336 e. The predicted molar refractivity (Wildman–Crippen MR) is 84.2 cm³/mol. The van der Waals surface area contributed by atoms with E-state index in [1.54, 1.807) is 0 Å². The lowest BCUT2D eigenvalue weighted by Crippen LogP contribution is -2.40. The van der Waals surface area contributed by atoms with Crippen LogP contribution in [0.2, 0.25) is 0 Å². The third-order valence-electron chi connectivity index (χ3n) is 3.96. The number of rotatable bonds is 5. The van der Waals surface area contributed by atoms with E-state index in [9.17, 15) is 4.79 Å². The minimum atomic E-state index is 0.0619. The fourth-order valence-electron chi connectivity index (χ4n) is 2.90. The zero-order valence-electron chi connectivity index (χ0n) is 12.0. The molecule has 0 radical (unpaired) electrons. The van der Waals surface area contributed by atoms with Crippen LogP contribution in [0.15, 0.2) is 60.7 Å². The summed E-state index contributed by atoms with van der Waals surface area (Å²) in [6, 6.07) is 21.1. The number of nitrogens with one attached hydrogen (secondary N) is 1. The van der Waals surface area contributed by atoms with Crippen molar-refractivity contribution in [3.8, 4) is 0 Å². The number of carbonyl (C=O) groups excluding carboxylic acids is 1. The highest BCUT2D eigenvalue weighted by atomic mass is 16.2. The molecule has 0 bridgehead atoms. The van der Waals surface area contributed by atoms with E-state index < -0.39 is 0 Å². The summed E-state index contributed by atoms with van der Waals surface area (Å²) in [5, 5.41) is 2.91. The van der Waals surface area contributed by atoms with E-state index in [0.717, 1.165) is 25.9 Å². The minimum Gasteiger partial charge on any atom is -0.336 e. The number of benzene rings is 2. The number of amides is 2. The van der Waals surface area contributed by atoms with Crippen molar-refractivity contribution >= 4 is 6.03 Å². The van der Waals surface area contributed by atoms with Gasteiger partial charge in [-0.15, -0.1) is 0 Å². The van der Waals surface area contributed by atoms with Gasteiger partial charge in [-0.25, -0.2) is 4.79 Å². The van der Waals surface area contributed by atoms with Crippen LogP contribution >= 0.6 is 0 Å². The Labute approximate surface area is 125 Å². The van der Waals surface area contributed by atoms with E-state index in [1.165, 1.54) is 11.1 Å². The molecule has 3 rings (SSSR count). The molecule has 3 nitrogen and oxygen atoms in total. The second-order valence-corrected chi connectivity index (χ2v) is 5.46. The van der Waals surface area contributed by atoms with E-state index in [2.05, 4.69) is 53.8 Å². The summed E-state index contributed by atoms with van der Waals surface area (Å²) in [5.74, 6) is 0. The number of nitrogens with zero attached hydrogens (tertiary/aromatic N) is 1. The van der Waals surface area contributed by atoms with Gasteiger partial charge >= 0.3 is 6.03 Å². The van der Waals surface area contributed by atoms with E-state index in [1.807, 2.05) is 17.0 Å². The van der Waals surface area contributed by atoms with Crippen molar-refractivity contribution < 1.29 is 4.79 Å². The third kappa shape index (κ3) is 3.43. The summed E-state index contributed by atoms with van der Waals surface area (Å²) in [6.45, 7) is 1.54. The molecule has 1 N–H and O–H groups in total. The molecule has 0 unspecified atom stereocenters. The van der Waals surface area contributed by atoms with E-state index >= 15 is 0 Å². The maximum Gasteiger partial charge on any atom is 0.317 e. The molecule has 1 fully saturated rings. The summed E-state index contributed by atoms with van der Waals surface area (Å²) in [6.07, 6.45) is 1.78. The highest BCUT2D eigenvalue weighted by Crippen LogP contribution is 2.16. The molecule has 0 saturated carbocycles. The molecule has 1 aliphatic heterocycles. The molecule has 1 aliphatic rings. The summed E-state index contributed by atoms with van der Waals surface area (Å²) in [5.41, 5.74) is 2.55. The van der Waals surface area contributed by atoms with Crippen LogP contribution in [-0.4, -0.2) is 30.1 Å². The van der Waals surface area contributed by atoms with Crippen LogP contribution in [0.1, 0.15) is 11.1 Å². The van der Waals surface area contributed by atoms with Crippen molar-refractivity contribution in [3.05, 3.63) is 71.8 Å². The first-order chi connectivity index (χ1) is 10.3. The monoisotopic (exact) mass is 280 g/mol. The fraction of sp³-hybridized carbons (Fsp3) is 0.278. The predicted octanol–water partition coefficient (Wildman–Crippen LogP) is 2.87. The van der Waals surface area contributed by atoms with E-state index in [-0.39, 0.29) is 12.1 Å². The van der Waals surface area contributed by atoms with Gasteiger partial charge in [-0.3, -0.25) is 0 Å². The zero-order valence-corrected chi connectivity index (χ0v) is 12.0. The lowest BCUT2D eigenvalue weighted by molar-refractivity contribution is 0.197. The average Bonchev–Trinajstić information content (AvgIpc) is 2.95.